The van der Waals surface area contributed by atoms with E-state index in [2.05, 4.69) is 4.98 Å². The second-order valence-electron chi connectivity index (χ2n) is 7.94. The molecular weight excluding hydrogens is 329 g/mol. The van der Waals surface area contributed by atoms with Crippen LogP contribution in [0.25, 0.3) is 33.0 Å². The molecule has 26 heavy (non-hydrogen) atoms. The van der Waals surface area contributed by atoms with E-state index >= 15 is 0 Å². The fourth-order valence-electron chi connectivity index (χ4n) is 3.55. The van der Waals surface area contributed by atoms with Gasteiger partial charge in [-0.05, 0) is 39.8 Å². The lowest BCUT2D eigenvalue weighted by Gasteiger charge is -2.32. The van der Waals surface area contributed by atoms with Gasteiger partial charge in [-0.2, -0.15) is 0 Å². The molecule has 1 aliphatic rings. The molecule has 6 heteroatoms. The molecule has 2 aromatic carbocycles. The largest absolute Gasteiger partial charge is 0.498 e. The molecule has 0 unspecified atom stereocenters. The van der Waals surface area contributed by atoms with Gasteiger partial charge < -0.3 is 18.1 Å². The average molecular weight is 349 g/mol. The topological polar surface area (TPSA) is 57.6 Å². The maximum atomic E-state index is 6.27. The first kappa shape index (κ1) is 15.9. The molecular formula is C20H20BNO4. The molecule has 1 aliphatic heterocycles. The molecule has 5 nitrogen and oxygen atoms in total. The summed E-state index contributed by atoms with van der Waals surface area (Å²) in [5.41, 5.74) is 3.05. The van der Waals surface area contributed by atoms with Gasteiger partial charge in [0.25, 0.3) is 0 Å². The van der Waals surface area contributed by atoms with E-state index in [1.165, 1.54) is 0 Å². The van der Waals surface area contributed by atoms with Crippen molar-refractivity contribution >= 4 is 45.6 Å². The summed E-state index contributed by atoms with van der Waals surface area (Å²) in [6, 6.07) is 9.90. The van der Waals surface area contributed by atoms with E-state index in [1.54, 1.807) is 0 Å². The monoisotopic (exact) mass is 349 g/mol. The van der Waals surface area contributed by atoms with Crippen LogP contribution in [0.15, 0.2) is 39.2 Å². The van der Waals surface area contributed by atoms with Gasteiger partial charge in [0.1, 0.15) is 16.7 Å². The van der Waals surface area contributed by atoms with E-state index in [1.807, 2.05) is 65.0 Å². The third-order valence-electron chi connectivity index (χ3n) is 5.64. The molecule has 0 spiro atoms. The first-order valence-corrected chi connectivity index (χ1v) is 8.84. The predicted octanol–water partition coefficient (Wildman–Crippen LogP) is 4.33. The van der Waals surface area contributed by atoms with Crippen molar-refractivity contribution in [3.63, 3.8) is 0 Å². The number of hydrogen-bond donors (Lipinski definition) is 0. The number of benzene rings is 2. The van der Waals surface area contributed by atoms with Gasteiger partial charge in [0, 0.05) is 17.8 Å². The van der Waals surface area contributed by atoms with Crippen LogP contribution in [0, 0.1) is 6.92 Å². The Morgan fingerprint density at radius 3 is 2.35 bits per heavy atom. The molecule has 0 N–H and O–H groups in total. The summed E-state index contributed by atoms with van der Waals surface area (Å²) in [6.45, 7) is 10.0. The zero-order valence-corrected chi connectivity index (χ0v) is 15.5. The van der Waals surface area contributed by atoms with Crippen LogP contribution in [-0.4, -0.2) is 23.3 Å². The lowest BCUT2D eigenvalue weighted by Crippen LogP contribution is -2.41. The highest BCUT2D eigenvalue weighted by atomic mass is 16.7. The van der Waals surface area contributed by atoms with Crippen molar-refractivity contribution in [1.82, 2.24) is 4.98 Å². The van der Waals surface area contributed by atoms with E-state index in [4.69, 9.17) is 18.1 Å². The first-order valence-electron chi connectivity index (χ1n) is 8.84. The number of rotatable bonds is 1. The number of furan rings is 1. The molecule has 4 aromatic rings. The van der Waals surface area contributed by atoms with Crippen LogP contribution in [0.3, 0.4) is 0 Å². The van der Waals surface area contributed by atoms with Crippen molar-refractivity contribution in [3.8, 4) is 0 Å². The first-order chi connectivity index (χ1) is 12.3. The Bertz CT molecular complexity index is 1150. The Hall–Kier alpha value is -2.31. The Kier molecular flexibility index (Phi) is 3.00. The molecule has 0 radical (unpaired) electrons. The number of nitrogens with zero attached hydrogens (tertiary/aromatic N) is 1. The quantitative estimate of drug-likeness (QED) is 0.479. The minimum absolute atomic E-state index is 0.426. The maximum absolute atomic E-state index is 6.27. The molecule has 1 fully saturated rings. The normalized spacial score (nSPS) is 19.2. The third-order valence-corrected chi connectivity index (χ3v) is 5.64. The van der Waals surface area contributed by atoms with Crippen molar-refractivity contribution in [3.05, 3.63) is 36.2 Å². The highest BCUT2D eigenvalue weighted by Gasteiger charge is 2.52. The van der Waals surface area contributed by atoms with Gasteiger partial charge in [0.15, 0.2) is 11.5 Å². The molecule has 1 saturated heterocycles. The van der Waals surface area contributed by atoms with Crippen LogP contribution in [-0.2, 0) is 9.31 Å². The summed E-state index contributed by atoms with van der Waals surface area (Å²) in [6.07, 6.45) is 0. The predicted molar refractivity (Wildman–Crippen MR) is 102 cm³/mol. The molecule has 0 atom stereocenters. The summed E-state index contributed by atoms with van der Waals surface area (Å²) in [5.74, 6) is 0.623. The van der Waals surface area contributed by atoms with Crippen molar-refractivity contribution < 1.29 is 18.1 Å². The zero-order chi connectivity index (χ0) is 18.3. The number of aryl methyl sites for hydroxylation is 1. The van der Waals surface area contributed by atoms with Crippen molar-refractivity contribution in [2.75, 3.05) is 0 Å². The van der Waals surface area contributed by atoms with Crippen molar-refractivity contribution in [1.29, 1.82) is 0 Å². The molecule has 0 saturated carbocycles. The average Bonchev–Trinajstić information content (AvgIpc) is 3.17. The fraction of sp³-hybridized carbons (Fsp3) is 0.350. The smallest absolute Gasteiger partial charge is 0.456 e. The molecule has 0 bridgehead atoms. The van der Waals surface area contributed by atoms with E-state index in [9.17, 15) is 0 Å². The Balaban J connectivity index is 1.85. The maximum Gasteiger partial charge on any atom is 0.498 e. The van der Waals surface area contributed by atoms with Gasteiger partial charge in [0.2, 0.25) is 0 Å². The molecule has 2 aromatic heterocycles. The van der Waals surface area contributed by atoms with Crippen LogP contribution < -0.4 is 5.46 Å². The summed E-state index contributed by atoms with van der Waals surface area (Å²) >= 11 is 0. The zero-order valence-electron chi connectivity index (χ0n) is 15.5. The van der Waals surface area contributed by atoms with Gasteiger partial charge in [-0.25, -0.2) is 4.98 Å². The van der Waals surface area contributed by atoms with Gasteiger partial charge in [0.05, 0.1) is 16.6 Å². The summed E-state index contributed by atoms with van der Waals surface area (Å²) < 4.78 is 24.6. The van der Waals surface area contributed by atoms with E-state index in [0.29, 0.717) is 5.89 Å². The van der Waals surface area contributed by atoms with Gasteiger partial charge in [-0.15, -0.1) is 0 Å². The summed E-state index contributed by atoms with van der Waals surface area (Å²) in [4.78, 5) is 4.53. The number of hydrogen-bond acceptors (Lipinski definition) is 5. The third kappa shape index (κ3) is 2.03. The number of aromatic nitrogens is 1. The van der Waals surface area contributed by atoms with E-state index < -0.39 is 18.3 Å². The number of oxazole rings is 1. The fourth-order valence-corrected chi connectivity index (χ4v) is 3.55. The van der Waals surface area contributed by atoms with Gasteiger partial charge in [-0.1, -0.05) is 18.2 Å². The van der Waals surface area contributed by atoms with Crippen molar-refractivity contribution in [2.45, 2.75) is 45.8 Å². The molecule has 0 aliphatic carbocycles. The van der Waals surface area contributed by atoms with E-state index in [0.717, 1.165) is 38.5 Å². The summed E-state index contributed by atoms with van der Waals surface area (Å²) in [7, 11) is -0.524. The van der Waals surface area contributed by atoms with Gasteiger partial charge in [-0.3, -0.25) is 0 Å². The van der Waals surface area contributed by atoms with Crippen LogP contribution in [0.1, 0.15) is 33.6 Å². The summed E-state index contributed by atoms with van der Waals surface area (Å²) in [5, 5.41) is 1.92. The second-order valence-corrected chi connectivity index (χ2v) is 7.94. The highest BCUT2D eigenvalue weighted by Crippen LogP contribution is 2.39. The molecule has 0 amide bonds. The van der Waals surface area contributed by atoms with Gasteiger partial charge >= 0.3 is 7.12 Å². The molecule has 5 rings (SSSR count). The Labute approximate surface area is 151 Å². The lowest BCUT2D eigenvalue weighted by atomic mass is 9.78. The van der Waals surface area contributed by atoms with Crippen LogP contribution in [0.4, 0.5) is 0 Å². The number of para-hydroxylation sites is 1. The lowest BCUT2D eigenvalue weighted by molar-refractivity contribution is 0.00578. The Morgan fingerprint density at radius 2 is 1.62 bits per heavy atom. The second kappa shape index (κ2) is 4.90. The number of fused-ring (bicyclic) bond motifs is 5. The molecule has 132 valence electrons. The van der Waals surface area contributed by atoms with Crippen LogP contribution in [0.2, 0.25) is 0 Å². The Morgan fingerprint density at radius 1 is 0.923 bits per heavy atom. The van der Waals surface area contributed by atoms with Crippen LogP contribution >= 0.6 is 0 Å². The standard InChI is InChI=1S/C20H20BNO4/c1-11-22-14-10-13(21-25-19(2,3)20(4,5)26-21)17-16(18(14)23-11)12-8-6-7-9-15(12)24-17/h6-10H,1-5H3. The van der Waals surface area contributed by atoms with Crippen LogP contribution in [0.5, 0.6) is 0 Å². The van der Waals surface area contributed by atoms with Crippen molar-refractivity contribution in [2.24, 2.45) is 0 Å². The molecule has 3 heterocycles. The minimum atomic E-state index is -0.524. The highest BCUT2D eigenvalue weighted by molar-refractivity contribution is 6.65. The minimum Gasteiger partial charge on any atom is -0.456 e. The van der Waals surface area contributed by atoms with E-state index in [-0.39, 0.29) is 0 Å². The SMILES string of the molecule is Cc1nc2cc(B3OC(C)(C)C(C)(C)O3)c3oc4ccccc4c3c2o1.